The first-order valence-electron chi connectivity index (χ1n) is 12.0. The number of fused-ring (bicyclic) bond motifs is 5. The summed E-state index contributed by atoms with van der Waals surface area (Å²) in [5, 5.41) is 13.6. The summed E-state index contributed by atoms with van der Waals surface area (Å²) >= 11 is 0. The first-order valence-corrected chi connectivity index (χ1v) is 12.0. The minimum atomic E-state index is -0.581. The molecule has 2 N–H and O–H groups in total. The van der Waals surface area contributed by atoms with Gasteiger partial charge in [0.1, 0.15) is 0 Å². The van der Waals surface area contributed by atoms with Crippen molar-refractivity contribution in [1.82, 2.24) is 14.8 Å². The van der Waals surface area contributed by atoms with Crippen LogP contribution in [0.25, 0.3) is 0 Å². The predicted molar refractivity (Wildman–Crippen MR) is 121 cm³/mol. The predicted octanol–water partition coefficient (Wildman–Crippen LogP) is 1.42. The van der Waals surface area contributed by atoms with Crippen molar-refractivity contribution in [2.24, 2.45) is 17.8 Å². The van der Waals surface area contributed by atoms with E-state index in [1.54, 1.807) is 10.6 Å². The molecule has 2 bridgehead atoms. The Labute approximate surface area is 192 Å². The maximum absolute atomic E-state index is 13.7. The molecule has 1 aromatic carbocycles. The monoisotopic (exact) mass is 447 g/mol. The van der Waals surface area contributed by atoms with Crippen LogP contribution in [0.5, 0.6) is 0 Å². The molecule has 7 nitrogen and oxygen atoms in total. The van der Waals surface area contributed by atoms with Gasteiger partial charge in [0.25, 0.3) is 5.56 Å². The van der Waals surface area contributed by atoms with Gasteiger partial charge in [0.05, 0.1) is 18.0 Å². The van der Waals surface area contributed by atoms with Gasteiger partial charge in [-0.05, 0) is 48.8 Å². The summed E-state index contributed by atoms with van der Waals surface area (Å²) in [4.78, 5) is 41.5. The van der Waals surface area contributed by atoms with E-state index in [9.17, 15) is 19.5 Å². The number of aliphatic hydroxyl groups excluding tert-OH is 1. The second-order valence-electron chi connectivity index (χ2n) is 10.1. The first-order chi connectivity index (χ1) is 16.0. The molecule has 6 rings (SSSR count). The van der Waals surface area contributed by atoms with Gasteiger partial charge in [-0.1, -0.05) is 30.3 Å². The van der Waals surface area contributed by atoms with Gasteiger partial charge < -0.3 is 19.9 Å². The van der Waals surface area contributed by atoms with Crippen molar-refractivity contribution in [3.05, 3.63) is 69.6 Å². The van der Waals surface area contributed by atoms with Crippen molar-refractivity contribution >= 4 is 11.8 Å². The number of rotatable bonds is 5. The fourth-order valence-corrected chi connectivity index (χ4v) is 6.33. The van der Waals surface area contributed by atoms with Crippen molar-refractivity contribution in [3.63, 3.8) is 0 Å². The number of aliphatic hydroxyl groups is 1. The van der Waals surface area contributed by atoms with E-state index in [4.69, 9.17) is 0 Å². The zero-order valence-electron chi connectivity index (χ0n) is 18.5. The smallest absolute Gasteiger partial charge is 0.250 e. The highest BCUT2D eigenvalue weighted by Crippen LogP contribution is 2.49. The Kier molecular flexibility index (Phi) is 4.91. The van der Waals surface area contributed by atoms with Crippen LogP contribution in [-0.4, -0.2) is 45.1 Å². The summed E-state index contributed by atoms with van der Waals surface area (Å²) in [6.07, 6.45) is 4.19. The summed E-state index contributed by atoms with van der Waals surface area (Å²) < 4.78 is 1.69. The Morgan fingerprint density at radius 3 is 2.42 bits per heavy atom. The van der Waals surface area contributed by atoms with Crippen molar-refractivity contribution in [3.8, 4) is 0 Å². The van der Waals surface area contributed by atoms with E-state index < -0.39 is 17.9 Å². The van der Waals surface area contributed by atoms with Crippen molar-refractivity contribution in [2.45, 2.75) is 56.8 Å². The van der Waals surface area contributed by atoms with Crippen LogP contribution >= 0.6 is 0 Å². The van der Waals surface area contributed by atoms with E-state index in [2.05, 4.69) is 17.4 Å². The maximum Gasteiger partial charge on any atom is 0.250 e. The number of benzene rings is 1. The number of aromatic nitrogens is 1. The summed E-state index contributed by atoms with van der Waals surface area (Å²) in [5.41, 5.74) is 3.09. The average Bonchev–Trinajstić information content (AvgIpc) is 3.46. The molecular weight excluding hydrogens is 418 g/mol. The van der Waals surface area contributed by atoms with Crippen molar-refractivity contribution in [1.29, 1.82) is 0 Å². The van der Waals surface area contributed by atoms with Crippen LogP contribution in [0.15, 0.2) is 47.3 Å². The number of nitrogens with zero attached hydrogens (tertiary/aromatic N) is 2. The van der Waals surface area contributed by atoms with Gasteiger partial charge in [-0.3, -0.25) is 14.4 Å². The number of pyridine rings is 1. The molecule has 2 amide bonds. The Hall–Kier alpha value is -2.93. The summed E-state index contributed by atoms with van der Waals surface area (Å²) in [6.45, 7) is 0.131. The molecule has 4 aliphatic rings. The first kappa shape index (κ1) is 20.7. The van der Waals surface area contributed by atoms with Gasteiger partial charge in [-0.25, -0.2) is 0 Å². The van der Waals surface area contributed by atoms with E-state index in [-0.39, 0.29) is 36.1 Å². The van der Waals surface area contributed by atoms with Gasteiger partial charge in [0.2, 0.25) is 11.8 Å². The van der Waals surface area contributed by atoms with Crippen LogP contribution in [0.1, 0.15) is 42.1 Å². The molecule has 0 radical (unpaired) electrons. The number of hydrogen-bond acceptors (Lipinski definition) is 4. The molecule has 2 aliphatic carbocycles. The SMILES string of the molecule is O=C(NC1Cc2ccccc2C1)[C@@H]1[C@@H](CO)[C@@H]2Cn3c(cccc3=O)[C@H]1N2C(=O)CC1CC1. The maximum atomic E-state index is 13.7. The molecule has 7 heteroatoms. The quantitative estimate of drug-likeness (QED) is 0.725. The minimum Gasteiger partial charge on any atom is -0.396 e. The lowest BCUT2D eigenvalue weighted by Crippen LogP contribution is -2.49. The van der Waals surface area contributed by atoms with E-state index in [0.717, 1.165) is 25.7 Å². The molecule has 172 valence electrons. The largest absolute Gasteiger partial charge is 0.396 e. The standard InChI is InChI=1S/C26H29N3O4/c30-14-19-21-13-28-20(6-3-7-22(28)31)25(29(21)23(32)10-15-8-9-15)24(19)26(33)27-18-11-16-4-1-2-5-17(16)12-18/h1-7,15,18-19,21,24-25,30H,8-14H2,(H,27,33)/t19-,21-,24+,25+/m0/s1. The van der Waals surface area contributed by atoms with E-state index in [1.807, 2.05) is 23.1 Å². The number of nitrogens with one attached hydrogen (secondary N) is 1. The third-order valence-electron chi connectivity index (χ3n) is 8.07. The van der Waals surface area contributed by atoms with Gasteiger partial charge in [0, 0.05) is 43.3 Å². The van der Waals surface area contributed by atoms with Gasteiger partial charge >= 0.3 is 0 Å². The zero-order valence-corrected chi connectivity index (χ0v) is 18.5. The van der Waals surface area contributed by atoms with Gasteiger partial charge in [-0.15, -0.1) is 0 Å². The fraction of sp³-hybridized carbons (Fsp3) is 0.500. The number of amides is 2. The normalized spacial score (nSPS) is 27.8. The van der Waals surface area contributed by atoms with Gasteiger partial charge in [-0.2, -0.15) is 0 Å². The van der Waals surface area contributed by atoms with Crippen LogP contribution in [-0.2, 0) is 29.0 Å². The number of carbonyl (C=O) groups excluding carboxylic acids is 2. The van der Waals surface area contributed by atoms with Crippen LogP contribution in [0.3, 0.4) is 0 Å². The van der Waals surface area contributed by atoms with Crippen molar-refractivity contribution < 1.29 is 14.7 Å². The lowest BCUT2D eigenvalue weighted by atomic mass is 9.86. The average molecular weight is 448 g/mol. The third-order valence-corrected chi connectivity index (χ3v) is 8.07. The van der Waals surface area contributed by atoms with E-state index in [1.165, 1.54) is 17.2 Å². The highest BCUT2D eigenvalue weighted by Gasteiger charge is 2.57. The lowest BCUT2D eigenvalue weighted by molar-refractivity contribution is -0.137. The molecule has 4 atom stereocenters. The molecular formula is C26H29N3O4. The summed E-state index contributed by atoms with van der Waals surface area (Å²) in [7, 11) is 0. The molecule has 2 aromatic rings. The fourth-order valence-electron chi connectivity index (χ4n) is 6.33. The topological polar surface area (TPSA) is 91.6 Å². The molecule has 1 saturated heterocycles. The Morgan fingerprint density at radius 2 is 1.76 bits per heavy atom. The summed E-state index contributed by atoms with van der Waals surface area (Å²) in [6, 6.07) is 12.4. The molecule has 1 saturated carbocycles. The second-order valence-corrected chi connectivity index (χ2v) is 10.1. The highest BCUT2D eigenvalue weighted by molar-refractivity contribution is 5.85. The second kappa shape index (κ2) is 7.83. The van der Waals surface area contributed by atoms with Crippen LogP contribution in [0.2, 0.25) is 0 Å². The highest BCUT2D eigenvalue weighted by atomic mass is 16.3. The number of hydrogen-bond donors (Lipinski definition) is 2. The van der Waals surface area contributed by atoms with Crippen LogP contribution < -0.4 is 10.9 Å². The molecule has 0 spiro atoms. The lowest BCUT2D eigenvalue weighted by Gasteiger charge is -2.38. The minimum absolute atomic E-state index is 0.00303. The molecule has 3 heterocycles. The van der Waals surface area contributed by atoms with Gasteiger partial charge in [0.15, 0.2) is 0 Å². The van der Waals surface area contributed by atoms with E-state index in [0.29, 0.717) is 24.6 Å². The Bertz CT molecular complexity index is 1150. The Balaban J connectivity index is 1.33. The zero-order chi connectivity index (χ0) is 22.7. The Morgan fingerprint density at radius 1 is 1.03 bits per heavy atom. The van der Waals surface area contributed by atoms with Crippen molar-refractivity contribution in [2.75, 3.05) is 6.61 Å². The van der Waals surface area contributed by atoms with E-state index >= 15 is 0 Å². The molecule has 33 heavy (non-hydrogen) atoms. The van der Waals surface area contributed by atoms with Crippen LogP contribution in [0.4, 0.5) is 0 Å². The van der Waals surface area contributed by atoms with Crippen LogP contribution in [0, 0.1) is 17.8 Å². The molecule has 2 aliphatic heterocycles. The number of carbonyl (C=O) groups is 2. The summed E-state index contributed by atoms with van der Waals surface area (Å²) in [5.74, 6) is -0.650. The molecule has 1 aromatic heterocycles. The molecule has 0 unspecified atom stereocenters. The third kappa shape index (κ3) is 3.41. The molecule has 2 fully saturated rings.